The topological polar surface area (TPSA) is 24.7 Å². The van der Waals surface area contributed by atoms with Crippen molar-refractivity contribution in [3.05, 3.63) is 46.8 Å². The minimum absolute atomic E-state index is 0. The zero-order valence-corrected chi connectivity index (χ0v) is 18.9. The Kier molecular flexibility index (Phi) is 8.98. The fraction of sp³-hybridized carbons (Fsp3) is 0.478. The molecule has 2 aromatic carbocycles. The van der Waals surface area contributed by atoms with E-state index in [1.165, 1.54) is 28.4 Å². The molecule has 1 atom stereocenters. The van der Waals surface area contributed by atoms with E-state index in [-0.39, 0.29) is 12.4 Å². The maximum absolute atomic E-state index is 13.2. The van der Waals surface area contributed by atoms with Crippen LogP contribution in [0.4, 0.5) is 13.2 Å². The summed E-state index contributed by atoms with van der Waals surface area (Å²) in [4.78, 5) is 1.39. The van der Waals surface area contributed by atoms with Crippen LogP contribution in [0.15, 0.2) is 35.7 Å². The number of nitrogens with one attached hydrogen (secondary N) is 1. The van der Waals surface area contributed by atoms with Crippen molar-refractivity contribution in [3.8, 4) is 0 Å². The van der Waals surface area contributed by atoms with Gasteiger partial charge in [0, 0.05) is 15.6 Å². The molecular formula is C23H29ClF3NOS. The Bertz CT molecular complexity index is 949. The molecule has 0 aliphatic carbocycles. The Hall–Kier alpha value is -1.34. The summed E-state index contributed by atoms with van der Waals surface area (Å²) in [7, 11) is 0. The van der Waals surface area contributed by atoms with Gasteiger partial charge < -0.3 is 22.4 Å². The molecule has 0 bridgehead atoms. The van der Waals surface area contributed by atoms with Crippen molar-refractivity contribution in [1.82, 2.24) is 0 Å². The monoisotopic (exact) mass is 459 g/mol. The molecule has 1 heterocycles. The predicted octanol–water partition coefficient (Wildman–Crippen LogP) is 2.60. The fourth-order valence-electron chi connectivity index (χ4n) is 3.88. The summed E-state index contributed by atoms with van der Waals surface area (Å²) in [6.45, 7) is 7.02. The maximum Gasteiger partial charge on any atom is 0.416 e. The van der Waals surface area contributed by atoms with Crippen molar-refractivity contribution in [1.29, 1.82) is 0 Å². The van der Waals surface area contributed by atoms with E-state index in [1.807, 2.05) is 17.5 Å². The summed E-state index contributed by atoms with van der Waals surface area (Å²) in [6, 6.07) is 7.59. The molecule has 1 aromatic heterocycles. The van der Waals surface area contributed by atoms with E-state index in [0.717, 1.165) is 65.9 Å². The molecule has 3 rings (SSSR count). The van der Waals surface area contributed by atoms with Gasteiger partial charge in [0.15, 0.2) is 0 Å². The summed E-state index contributed by atoms with van der Waals surface area (Å²) in [6.07, 6.45) is -0.504. The molecular weight excluding hydrogens is 431 g/mol. The van der Waals surface area contributed by atoms with Gasteiger partial charge in [0.05, 0.1) is 18.7 Å². The molecule has 30 heavy (non-hydrogen) atoms. The molecule has 0 spiro atoms. The second-order valence-corrected chi connectivity index (χ2v) is 8.66. The smallest absolute Gasteiger partial charge is 0.416 e. The summed E-state index contributed by atoms with van der Waals surface area (Å²) in [5.74, 6) is 0. The van der Waals surface area contributed by atoms with E-state index >= 15 is 0 Å². The van der Waals surface area contributed by atoms with Gasteiger partial charge in [0.25, 0.3) is 0 Å². The Morgan fingerprint density at radius 3 is 2.27 bits per heavy atom. The molecule has 2 N–H and O–H groups in total. The number of benzene rings is 2. The van der Waals surface area contributed by atoms with E-state index in [9.17, 15) is 18.3 Å². The van der Waals surface area contributed by atoms with Crippen LogP contribution in [0.3, 0.4) is 0 Å². The van der Waals surface area contributed by atoms with Crippen molar-refractivity contribution < 1.29 is 35.6 Å². The number of unbranched alkanes of at least 4 members (excludes halogenated alkanes) is 2. The van der Waals surface area contributed by atoms with Crippen LogP contribution in [0.5, 0.6) is 0 Å². The fourth-order valence-corrected chi connectivity index (χ4v) is 4.86. The third kappa shape index (κ3) is 5.67. The quantitative estimate of drug-likeness (QED) is 0.505. The SMILES string of the molecule is CCCC[NH+](CCCC)CC(O)c1cc2ccc(C(F)(F)F)cc2c2ccsc12.[Cl-]. The van der Waals surface area contributed by atoms with Gasteiger partial charge in [0.1, 0.15) is 12.6 Å². The number of fused-ring (bicyclic) bond motifs is 3. The Morgan fingerprint density at radius 1 is 1.00 bits per heavy atom. The number of rotatable bonds is 9. The van der Waals surface area contributed by atoms with Crippen LogP contribution in [0, 0.1) is 0 Å². The average molecular weight is 460 g/mol. The first-order chi connectivity index (χ1) is 13.8. The number of hydrogen-bond donors (Lipinski definition) is 2. The minimum atomic E-state index is -4.36. The number of alkyl halides is 3. The van der Waals surface area contributed by atoms with Crippen molar-refractivity contribution in [3.63, 3.8) is 0 Å². The van der Waals surface area contributed by atoms with Crippen LogP contribution in [0.2, 0.25) is 0 Å². The van der Waals surface area contributed by atoms with Gasteiger partial charge in [-0.05, 0) is 53.3 Å². The molecule has 3 aromatic rings. The summed E-state index contributed by atoms with van der Waals surface area (Å²) >= 11 is 1.48. The molecule has 166 valence electrons. The van der Waals surface area contributed by atoms with Crippen LogP contribution in [0.25, 0.3) is 20.9 Å². The van der Waals surface area contributed by atoms with E-state index in [2.05, 4.69) is 13.8 Å². The van der Waals surface area contributed by atoms with Crippen molar-refractivity contribution in [2.45, 2.75) is 51.8 Å². The van der Waals surface area contributed by atoms with E-state index in [4.69, 9.17) is 0 Å². The van der Waals surface area contributed by atoms with E-state index in [0.29, 0.717) is 11.9 Å². The lowest BCUT2D eigenvalue weighted by Gasteiger charge is -2.23. The van der Waals surface area contributed by atoms with Crippen LogP contribution in [-0.2, 0) is 6.18 Å². The largest absolute Gasteiger partial charge is 1.00 e. The van der Waals surface area contributed by atoms with Crippen LogP contribution < -0.4 is 17.3 Å². The predicted molar refractivity (Wildman–Crippen MR) is 115 cm³/mol. The highest BCUT2D eigenvalue weighted by molar-refractivity contribution is 7.17. The number of halogens is 4. The molecule has 1 unspecified atom stereocenters. The number of hydrogen-bond acceptors (Lipinski definition) is 2. The van der Waals surface area contributed by atoms with Crippen LogP contribution >= 0.6 is 11.3 Å². The van der Waals surface area contributed by atoms with Crippen molar-refractivity contribution >= 4 is 32.2 Å². The van der Waals surface area contributed by atoms with Gasteiger partial charge in [0.2, 0.25) is 0 Å². The highest BCUT2D eigenvalue weighted by Crippen LogP contribution is 2.38. The molecule has 2 nitrogen and oxygen atoms in total. The minimum Gasteiger partial charge on any atom is -1.00 e. The van der Waals surface area contributed by atoms with Crippen molar-refractivity contribution in [2.75, 3.05) is 19.6 Å². The normalized spacial score (nSPS) is 13.2. The zero-order chi connectivity index (χ0) is 21.0. The summed E-state index contributed by atoms with van der Waals surface area (Å²) in [5.41, 5.74) is 0.188. The Morgan fingerprint density at radius 2 is 1.67 bits per heavy atom. The molecule has 7 heteroatoms. The third-order valence-electron chi connectivity index (χ3n) is 5.52. The number of quaternary nitrogens is 1. The lowest BCUT2D eigenvalue weighted by Crippen LogP contribution is -3.12. The number of aliphatic hydroxyl groups excluding tert-OH is 1. The molecule has 0 saturated carbocycles. The van der Waals surface area contributed by atoms with E-state index in [1.54, 1.807) is 0 Å². The van der Waals surface area contributed by atoms with Crippen LogP contribution in [-0.4, -0.2) is 24.7 Å². The number of aliphatic hydroxyl groups is 1. The first-order valence-corrected chi connectivity index (χ1v) is 11.3. The second kappa shape index (κ2) is 10.8. The first kappa shape index (κ1) is 24.9. The maximum atomic E-state index is 13.2. The third-order valence-corrected chi connectivity index (χ3v) is 6.48. The summed E-state index contributed by atoms with van der Waals surface area (Å²) in [5, 5.41) is 15.1. The van der Waals surface area contributed by atoms with Crippen LogP contribution in [0.1, 0.15) is 56.8 Å². The molecule has 0 radical (unpaired) electrons. The summed E-state index contributed by atoms with van der Waals surface area (Å²) < 4.78 is 40.4. The molecule has 0 aliphatic heterocycles. The number of thiophene rings is 1. The highest BCUT2D eigenvalue weighted by Gasteiger charge is 2.31. The Labute approximate surface area is 186 Å². The standard InChI is InChI=1S/C23H28F3NOS.ClH/c1-3-5-10-27(11-6-4-2)15-21(28)20-13-16-7-8-17(23(24,25)26)14-19(16)18-9-12-29-22(18)20;/h7-9,12-14,21,28H,3-6,10-11,15H2,1-2H3;1H. The molecule has 0 aliphatic rings. The second-order valence-electron chi connectivity index (χ2n) is 7.74. The first-order valence-electron chi connectivity index (χ1n) is 10.4. The zero-order valence-electron chi connectivity index (χ0n) is 17.4. The van der Waals surface area contributed by atoms with Gasteiger partial charge in [-0.3, -0.25) is 0 Å². The Balaban J connectivity index is 0.00000320. The van der Waals surface area contributed by atoms with Gasteiger partial charge in [-0.1, -0.05) is 32.8 Å². The van der Waals surface area contributed by atoms with Gasteiger partial charge in [-0.25, -0.2) is 0 Å². The lowest BCUT2D eigenvalue weighted by atomic mass is 9.98. The lowest BCUT2D eigenvalue weighted by molar-refractivity contribution is -0.904. The molecule has 0 saturated heterocycles. The van der Waals surface area contributed by atoms with Gasteiger partial charge in [-0.2, -0.15) is 13.2 Å². The van der Waals surface area contributed by atoms with Gasteiger partial charge >= 0.3 is 6.18 Å². The van der Waals surface area contributed by atoms with E-state index < -0.39 is 17.8 Å². The molecule has 0 amide bonds. The van der Waals surface area contributed by atoms with Gasteiger partial charge in [-0.15, -0.1) is 11.3 Å². The highest BCUT2D eigenvalue weighted by atomic mass is 35.5. The molecule has 0 fully saturated rings. The average Bonchev–Trinajstić information content (AvgIpc) is 3.18. The van der Waals surface area contributed by atoms with Crippen molar-refractivity contribution in [2.24, 2.45) is 0 Å².